The maximum atomic E-state index is 13.6. The molecule has 0 spiro atoms. The van der Waals surface area contributed by atoms with Gasteiger partial charge in [0, 0.05) is 31.7 Å². The third-order valence-electron chi connectivity index (χ3n) is 4.86. The van der Waals surface area contributed by atoms with Gasteiger partial charge in [-0.15, -0.1) is 10.2 Å². The van der Waals surface area contributed by atoms with E-state index in [1.165, 1.54) is 12.1 Å². The number of benzene rings is 2. The van der Waals surface area contributed by atoms with Crippen molar-refractivity contribution in [1.82, 2.24) is 15.1 Å². The highest BCUT2D eigenvalue weighted by atomic mass is 19.1. The summed E-state index contributed by atoms with van der Waals surface area (Å²) < 4.78 is 18.9. The topological polar surface area (TPSA) is 58.6 Å². The molecule has 29 heavy (non-hydrogen) atoms. The van der Waals surface area contributed by atoms with Gasteiger partial charge >= 0.3 is 0 Å². The van der Waals surface area contributed by atoms with Crippen molar-refractivity contribution in [2.45, 2.75) is 0 Å². The number of para-hydroxylation sites is 1. The lowest BCUT2D eigenvalue weighted by molar-refractivity contribution is -0.133. The van der Waals surface area contributed by atoms with E-state index in [9.17, 15) is 9.18 Å². The Bertz CT molecular complexity index is 958. The van der Waals surface area contributed by atoms with E-state index in [4.69, 9.17) is 4.74 Å². The summed E-state index contributed by atoms with van der Waals surface area (Å²) in [6, 6.07) is 19.9. The van der Waals surface area contributed by atoms with Crippen molar-refractivity contribution in [3.05, 3.63) is 72.5 Å². The first-order valence-electron chi connectivity index (χ1n) is 9.50. The van der Waals surface area contributed by atoms with Crippen molar-refractivity contribution in [3.63, 3.8) is 0 Å². The molecule has 1 aromatic heterocycles. The number of rotatable bonds is 5. The molecule has 1 saturated heterocycles. The molecule has 0 unspecified atom stereocenters. The molecule has 0 bridgehead atoms. The molecule has 1 aliphatic rings. The van der Waals surface area contributed by atoms with Crippen LogP contribution in [0.3, 0.4) is 0 Å². The summed E-state index contributed by atoms with van der Waals surface area (Å²) in [4.78, 5) is 16.2. The highest BCUT2D eigenvalue weighted by Crippen LogP contribution is 2.19. The number of carbonyl (C=O) groups excluding carboxylic acids is 1. The lowest BCUT2D eigenvalue weighted by Gasteiger charge is -2.35. The van der Waals surface area contributed by atoms with E-state index < -0.39 is 5.82 Å². The van der Waals surface area contributed by atoms with Crippen LogP contribution < -0.4 is 9.64 Å². The Morgan fingerprint density at radius 2 is 1.62 bits per heavy atom. The van der Waals surface area contributed by atoms with Gasteiger partial charge in [-0.3, -0.25) is 4.79 Å². The normalized spacial score (nSPS) is 14.0. The van der Waals surface area contributed by atoms with Gasteiger partial charge in [0.15, 0.2) is 24.0 Å². The number of carbonyl (C=O) groups is 1. The highest BCUT2D eigenvalue weighted by molar-refractivity contribution is 5.78. The first-order valence-corrected chi connectivity index (χ1v) is 9.50. The lowest BCUT2D eigenvalue weighted by Crippen LogP contribution is -2.50. The summed E-state index contributed by atoms with van der Waals surface area (Å²) >= 11 is 0. The predicted molar refractivity (Wildman–Crippen MR) is 108 cm³/mol. The summed E-state index contributed by atoms with van der Waals surface area (Å²) in [5.74, 6) is 0.258. The zero-order valence-corrected chi connectivity index (χ0v) is 15.9. The minimum absolute atomic E-state index is 0.0910. The maximum Gasteiger partial charge on any atom is 0.260 e. The number of amides is 1. The van der Waals surface area contributed by atoms with Gasteiger partial charge in [0.1, 0.15) is 0 Å². The van der Waals surface area contributed by atoms with Crippen LogP contribution in [0.25, 0.3) is 11.3 Å². The van der Waals surface area contributed by atoms with Crippen LogP contribution in [0.4, 0.5) is 10.2 Å². The second-order valence-electron chi connectivity index (χ2n) is 6.73. The van der Waals surface area contributed by atoms with E-state index in [2.05, 4.69) is 15.1 Å². The monoisotopic (exact) mass is 392 g/mol. The number of halogens is 1. The van der Waals surface area contributed by atoms with Crippen LogP contribution in [-0.4, -0.2) is 53.8 Å². The van der Waals surface area contributed by atoms with Crippen LogP contribution in [0.2, 0.25) is 0 Å². The van der Waals surface area contributed by atoms with Gasteiger partial charge in [-0.2, -0.15) is 0 Å². The van der Waals surface area contributed by atoms with E-state index in [-0.39, 0.29) is 18.3 Å². The molecule has 1 fully saturated rings. The van der Waals surface area contributed by atoms with Crippen molar-refractivity contribution < 1.29 is 13.9 Å². The zero-order chi connectivity index (χ0) is 20.1. The highest BCUT2D eigenvalue weighted by Gasteiger charge is 2.22. The summed E-state index contributed by atoms with van der Waals surface area (Å²) in [6.45, 7) is 2.26. The molecule has 6 nitrogen and oxygen atoms in total. The average Bonchev–Trinajstić information content (AvgIpc) is 2.79. The molecule has 0 saturated carbocycles. The van der Waals surface area contributed by atoms with Gasteiger partial charge in [0.2, 0.25) is 0 Å². The number of piperazine rings is 1. The van der Waals surface area contributed by atoms with E-state index in [1.807, 2.05) is 42.5 Å². The van der Waals surface area contributed by atoms with Crippen molar-refractivity contribution in [3.8, 4) is 17.0 Å². The molecule has 4 rings (SSSR count). The van der Waals surface area contributed by atoms with E-state index in [0.717, 1.165) is 17.1 Å². The summed E-state index contributed by atoms with van der Waals surface area (Å²) in [7, 11) is 0. The third kappa shape index (κ3) is 4.51. The average molecular weight is 392 g/mol. The molecule has 1 amide bonds. The Balaban J connectivity index is 1.30. The van der Waals surface area contributed by atoms with Crippen molar-refractivity contribution >= 4 is 11.7 Å². The largest absolute Gasteiger partial charge is 0.481 e. The Labute approximate surface area is 168 Å². The fourth-order valence-electron chi connectivity index (χ4n) is 3.23. The Hall–Kier alpha value is -3.48. The van der Waals surface area contributed by atoms with Crippen LogP contribution in [0.5, 0.6) is 5.75 Å². The Morgan fingerprint density at radius 1 is 0.897 bits per heavy atom. The maximum absolute atomic E-state index is 13.6. The molecule has 7 heteroatoms. The number of nitrogens with zero attached hydrogens (tertiary/aromatic N) is 4. The number of aromatic nitrogens is 2. The first kappa shape index (κ1) is 18.9. The predicted octanol–water partition coefficient (Wildman–Crippen LogP) is 3.01. The smallest absolute Gasteiger partial charge is 0.260 e. The van der Waals surface area contributed by atoms with Gasteiger partial charge in [0.05, 0.1) is 5.69 Å². The molecule has 2 aromatic carbocycles. The summed E-state index contributed by atoms with van der Waals surface area (Å²) in [5.41, 5.74) is 1.85. The van der Waals surface area contributed by atoms with Crippen molar-refractivity contribution in [1.29, 1.82) is 0 Å². The molecule has 0 atom stereocenters. The number of ether oxygens (including phenoxy) is 1. The van der Waals surface area contributed by atoms with Crippen molar-refractivity contribution in [2.24, 2.45) is 0 Å². The minimum atomic E-state index is -0.470. The minimum Gasteiger partial charge on any atom is -0.481 e. The van der Waals surface area contributed by atoms with E-state index in [1.54, 1.807) is 17.0 Å². The molecule has 2 heterocycles. The SMILES string of the molecule is O=C(COc1ccccc1F)N1CCN(c2ccc(-c3ccccc3)nn2)CC1. The third-order valence-corrected chi connectivity index (χ3v) is 4.86. The fourth-order valence-corrected chi connectivity index (χ4v) is 3.23. The van der Waals surface area contributed by atoms with Crippen LogP contribution in [0, 0.1) is 5.82 Å². The van der Waals surface area contributed by atoms with Crippen LogP contribution in [0.15, 0.2) is 66.7 Å². The van der Waals surface area contributed by atoms with Gasteiger partial charge in [0.25, 0.3) is 5.91 Å². The number of hydrogen-bond donors (Lipinski definition) is 0. The summed E-state index contributed by atoms with van der Waals surface area (Å²) in [5, 5.41) is 8.66. The van der Waals surface area contributed by atoms with Gasteiger partial charge in [-0.25, -0.2) is 4.39 Å². The van der Waals surface area contributed by atoms with Crippen LogP contribution >= 0.6 is 0 Å². The number of anilines is 1. The fraction of sp³-hybridized carbons (Fsp3) is 0.227. The van der Waals surface area contributed by atoms with Crippen molar-refractivity contribution in [2.75, 3.05) is 37.7 Å². The Morgan fingerprint density at radius 3 is 2.31 bits per heavy atom. The lowest BCUT2D eigenvalue weighted by atomic mass is 10.1. The standard InChI is InChI=1S/C22H21FN4O2/c23-18-8-4-5-9-20(18)29-16-22(28)27-14-12-26(13-15-27)21-11-10-19(24-25-21)17-6-2-1-3-7-17/h1-11H,12-16H2. The molecular formula is C22H21FN4O2. The van der Waals surface area contributed by atoms with Gasteiger partial charge < -0.3 is 14.5 Å². The van der Waals surface area contributed by atoms with Gasteiger partial charge in [-0.05, 0) is 24.3 Å². The molecule has 3 aromatic rings. The molecule has 0 aliphatic carbocycles. The van der Waals surface area contributed by atoms with Gasteiger partial charge in [-0.1, -0.05) is 42.5 Å². The molecule has 0 N–H and O–H groups in total. The number of hydrogen-bond acceptors (Lipinski definition) is 5. The summed E-state index contributed by atoms with van der Waals surface area (Å²) in [6.07, 6.45) is 0. The molecule has 148 valence electrons. The molecule has 1 aliphatic heterocycles. The second kappa shape index (κ2) is 8.68. The zero-order valence-electron chi connectivity index (χ0n) is 15.9. The Kier molecular flexibility index (Phi) is 5.65. The van der Waals surface area contributed by atoms with Crippen LogP contribution in [-0.2, 0) is 4.79 Å². The first-order chi connectivity index (χ1) is 14.2. The molecular weight excluding hydrogens is 371 g/mol. The van der Waals surface area contributed by atoms with E-state index >= 15 is 0 Å². The van der Waals surface area contributed by atoms with E-state index in [0.29, 0.717) is 26.2 Å². The van der Waals surface area contributed by atoms with Crippen LogP contribution in [0.1, 0.15) is 0 Å². The second-order valence-corrected chi connectivity index (χ2v) is 6.73. The quantitative estimate of drug-likeness (QED) is 0.668. The molecule has 0 radical (unpaired) electrons.